The summed E-state index contributed by atoms with van der Waals surface area (Å²) in [4.78, 5) is 0. The molecule has 0 aliphatic heterocycles. The normalized spacial score (nSPS) is 11.1. The smallest absolute Gasteiger partial charge is 0.299 e. The molecule has 0 rings (SSSR count). The van der Waals surface area contributed by atoms with Gasteiger partial charge in [0.1, 0.15) is 0 Å². The highest BCUT2D eigenvalue weighted by atomic mass is 28.2. The van der Waals surface area contributed by atoms with Gasteiger partial charge < -0.3 is 13.9 Å². The third-order valence-corrected chi connectivity index (χ3v) is 2.31. The first-order valence-corrected chi connectivity index (χ1v) is 5.94. The Morgan fingerprint density at radius 1 is 1.08 bits per heavy atom. The molecule has 78 valence electrons. The van der Waals surface area contributed by atoms with Gasteiger partial charge >= 0.3 is 0 Å². The van der Waals surface area contributed by atoms with E-state index in [1.165, 1.54) is 6.42 Å². The Bertz CT molecular complexity index is 94.9. The highest BCUT2D eigenvalue weighted by Crippen LogP contribution is 1.95. The first-order valence-electron chi connectivity index (χ1n) is 4.95. The van der Waals surface area contributed by atoms with Crippen molar-refractivity contribution < 1.29 is 13.9 Å². The van der Waals surface area contributed by atoms with Gasteiger partial charge in [-0.2, -0.15) is 0 Å². The first kappa shape index (κ1) is 13.1. The van der Waals surface area contributed by atoms with E-state index in [0.717, 1.165) is 13.0 Å². The molecule has 13 heavy (non-hydrogen) atoms. The van der Waals surface area contributed by atoms with Crippen molar-refractivity contribution in [3.63, 3.8) is 0 Å². The Morgan fingerprint density at radius 2 is 1.69 bits per heavy atom. The summed E-state index contributed by atoms with van der Waals surface area (Å²) in [7, 11) is 0.302. The topological polar surface area (TPSA) is 27.7 Å². The fourth-order valence-electron chi connectivity index (χ4n) is 0.762. The van der Waals surface area contributed by atoms with Crippen LogP contribution in [0.2, 0.25) is 0 Å². The van der Waals surface area contributed by atoms with Crippen LogP contribution in [-0.4, -0.2) is 35.5 Å². The second kappa shape index (κ2) is 10.2. The van der Waals surface area contributed by atoms with E-state index < -0.39 is 0 Å². The molecule has 0 bridgehead atoms. The summed E-state index contributed by atoms with van der Waals surface area (Å²) in [6.07, 6.45) is 2.27. The fourth-order valence-corrected chi connectivity index (χ4v) is 1.63. The van der Waals surface area contributed by atoms with Crippen molar-refractivity contribution in [2.75, 3.05) is 19.8 Å². The molecule has 4 heteroatoms. The Morgan fingerprint density at radius 3 is 2.15 bits per heavy atom. The molecule has 0 aromatic heterocycles. The SMILES string of the molecule is CCCCO[Si]C(OCC)OCC. The van der Waals surface area contributed by atoms with Gasteiger partial charge in [-0.3, -0.25) is 0 Å². The van der Waals surface area contributed by atoms with Gasteiger partial charge in [0.2, 0.25) is 0 Å². The maximum Gasteiger partial charge on any atom is 0.299 e. The number of unbranched alkanes of at least 4 members (excludes halogenated alkanes) is 1. The van der Waals surface area contributed by atoms with Crippen LogP contribution in [0, 0.1) is 0 Å². The van der Waals surface area contributed by atoms with E-state index in [1.807, 2.05) is 13.8 Å². The minimum atomic E-state index is -0.160. The largest absolute Gasteiger partial charge is 0.412 e. The zero-order valence-electron chi connectivity index (χ0n) is 8.84. The molecule has 0 aliphatic carbocycles. The molecule has 0 saturated heterocycles. The monoisotopic (exact) mass is 204 g/mol. The molecule has 0 heterocycles. The van der Waals surface area contributed by atoms with Crippen LogP contribution in [0.1, 0.15) is 33.6 Å². The highest BCUT2D eigenvalue weighted by Gasteiger charge is 2.09. The molecule has 0 aromatic rings. The second-order valence-electron chi connectivity index (χ2n) is 2.56. The van der Waals surface area contributed by atoms with Gasteiger partial charge in [0.05, 0.1) is 0 Å². The lowest BCUT2D eigenvalue weighted by Crippen LogP contribution is -2.27. The minimum Gasteiger partial charge on any atom is -0.412 e. The summed E-state index contributed by atoms with van der Waals surface area (Å²) < 4.78 is 16.1. The van der Waals surface area contributed by atoms with Gasteiger partial charge in [-0.1, -0.05) is 13.3 Å². The summed E-state index contributed by atoms with van der Waals surface area (Å²) in [6, 6.07) is 0. The minimum absolute atomic E-state index is 0.160. The molecule has 0 spiro atoms. The van der Waals surface area contributed by atoms with Crippen molar-refractivity contribution >= 4 is 9.76 Å². The van der Waals surface area contributed by atoms with Gasteiger partial charge in [-0.25, -0.2) is 0 Å². The fraction of sp³-hybridized carbons (Fsp3) is 1.00. The van der Waals surface area contributed by atoms with Crippen LogP contribution in [-0.2, 0) is 13.9 Å². The van der Waals surface area contributed by atoms with Crippen LogP contribution >= 0.6 is 0 Å². The zero-order chi connectivity index (χ0) is 9.94. The quantitative estimate of drug-likeness (QED) is 0.325. The van der Waals surface area contributed by atoms with Crippen LogP contribution in [0.3, 0.4) is 0 Å². The standard InChI is InChI=1S/C9H20O3Si/c1-4-7-8-12-13-9(10-5-2)11-6-3/h9H,4-8H2,1-3H3. The van der Waals surface area contributed by atoms with Gasteiger partial charge in [0.15, 0.2) is 5.91 Å². The molecule has 0 fully saturated rings. The zero-order valence-corrected chi connectivity index (χ0v) is 9.84. The van der Waals surface area contributed by atoms with Crippen LogP contribution < -0.4 is 0 Å². The first-order chi connectivity index (χ1) is 6.35. The maximum atomic E-state index is 5.42. The summed E-state index contributed by atoms with van der Waals surface area (Å²) in [5.41, 5.74) is 0. The van der Waals surface area contributed by atoms with Crippen molar-refractivity contribution in [3.05, 3.63) is 0 Å². The molecule has 0 amide bonds. The van der Waals surface area contributed by atoms with Gasteiger partial charge in [0.25, 0.3) is 9.76 Å². The van der Waals surface area contributed by atoms with Crippen molar-refractivity contribution in [1.29, 1.82) is 0 Å². The molecular formula is C9H20O3Si. The third kappa shape index (κ3) is 8.43. The predicted octanol–water partition coefficient (Wildman–Crippen LogP) is 1.78. The molecule has 0 N–H and O–H groups in total. The molecular weight excluding hydrogens is 184 g/mol. The van der Waals surface area contributed by atoms with Crippen LogP contribution in [0.4, 0.5) is 0 Å². The van der Waals surface area contributed by atoms with Crippen molar-refractivity contribution in [2.24, 2.45) is 0 Å². The second-order valence-corrected chi connectivity index (χ2v) is 3.56. The van der Waals surface area contributed by atoms with E-state index >= 15 is 0 Å². The average Bonchev–Trinajstić information content (AvgIpc) is 2.13. The summed E-state index contributed by atoms with van der Waals surface area (Å²) >= 11 is 0. The maximum absolute atomic E-state index is 5.42. The number of hydrogen-bond acceptors (Lipinski definition) is 3. The Kier molecular flexibility index (Phi) is 10.3. The Hall–Kier alpha value is 0.0969. The van der Waals surface area contributed by atoms with E-state index in [2.05, 4.69) is 6.92 Å². The predicted molar refractivity (Wildman–Crippen MR) is 53.7 cm³/mol. The number of ether oxygens (including phenoxy) is 2. The lowest BCUT2D eigenvalue weighted by atomic mass is 10.4. The van der Waals surface area contributed by atoms with E-state index in [4.69, 9.17) is 13.9 Å². The summed E-state index contributed by atoms with van der Waals surface area (Å²) in [6.45, 7) is 8.23. The summed E-state index contributed by atoms with van der Waals surface area (Å²) in [5, 5.41) is 0. The number of hydrogen-bond donors (Lipinski definition) is 0. The van der Waals surface area contributed by atoms with E-state index in [1.54, 1.807) is 0 Å². The Balaban J connectivity index is 3.33. The van der Waals surface area contributed by atoms with Crippen LogP contribution in [0.25, 0.3) is 0 Å². The lowest BCUT2D eigenvalue weighted by molar-refractivity contribution is -0.0899. The highest BCUT2D eigenvalue weighted by molar-refractivity contribution is 6.28. The summed E-state index contributed by atoms with van der Waals surface area (Å²) in [5.74, 6) is -0.160. The third-order valence-electron chi connectivity index (χ3n) is 1.42. The molecule has 2 radical (unpaired) electrons. The molecule has 3 nitrogen and oxygen atoms in total. The number of rotatable bonds is 9. The lowest BCUT2D eigenvalue weighted by Gasteiger charge is -2.14. The van der Waals surface area contributed by atoms with Gasteiger partial charge in [-0.05, 0) is 20.3 Å². The average molecular weight is 204 g/mol. The van der Waals surface area contributed by atoms with E-state index in [0.29, 0.717) is 23.0 Å². The van der Waals surface area contributed by atoms with E-state index in [9.17, 15) is 0 Å². The van der Waals surface area contributed by atoms with Gasteiger partial charge in [0, 0.05) is 19.8 Å². The van der Waals surface area contributed by atoms with E-state index in [-0.39, 0.29) is 5.91 Å². The van der Waals surface area contributed by atoms with Gasteiger partial charge in [-0.15, -0.1) is 0 Å². The molecule has 0 saturated carbocycles. The molecule has 0 aromatic carbocycles. The van der Waals surface area contributed by atoms with Crippen LogP contribution in [0.15, 0.2) is 0 Å². The van der Waals surface area contributed by atoms with Crippen molar-refractivity contribution in [1.82, 2.24) is 0 Å². The van der Waals surface area contributed by atoms with Crippen molar-refractivity contribution in [2.45, 2.75) is 39.5 Å². The molecule has 0 aliphatic rings. The molecule has 0 unspecified atom stereocenters. The van der Waals surface area contributed by atoms with Crippen molar-refractivity contribution in [3.8, 4) is 0 Å². The molecule has 0 atom stereocenters. The van der Waals surface area contributed by atoms with Crippen LogP contribution in [0.5, 0.6) is 0 Å². The Labute approximate surface area is 83.7 Å².